The monoisotopic (exact) mass is 234 g/mol. The van der Waals surface area contributed by atoms with Crippen LogP contribution < -0.4 is 5.32 Å². The largest absolute Gasteiger partial charge is 0.296 e. The minimum absolute atomic E-state index is 0.290. The van der Waals surface area contributed by atoms with Crippen LogP contribution in [0.4, 0.5) is 5.13 Å². The SMILES string of the molecule is Cc1ccc(C(=O)Nc2nc(C)cs2)nn1. The number of hydrogen-bond donors (Lipinski definition) is 1. The minimum atomic E-state index is -0.290. The van der Waals surface area contributed by atoms with Crippen molar-refractivity contribution < 1.29 is 4.79 Å². The molecule has 0 fully saturated rings. The van der Waals surface area contributed by atoms with Crippen LogP contribution in [-0.2, 0) is 0 Å². The Morgan fingerprint density at radius 3 is 2.62 bits per heavy atom. The number of carbonyl (C=O) groups is 1. The third-order valence-corrected chi connectivity index (χ3v) is 2.75. The van der Waals surface area contributed by atoms with Crippen LogP contribution in [0.15, 0.2) is 17.5 Å². The molecular formula is C10H10N4OS. The van der Waals surface area contributed by atoms with Gasteiger partial charge in [0.2, 0.25) is 0 Å². The number of nitrogens with one attached hydrogen (secondary N) is 1. The van der Waals surface area contributed by atoms with Crippen LogP contribution >= 0.6 is 11.3 Å². The quantitative estimate of drug-likeness (QED) is 0.860. The van der Waals surface area contributed by atoms with E-state index in [0.717, 1.165) is 11.4 Å². The molecule has 6 heteroatoms. The van der Waals surface area contributed by atoms with Crippen molar-refractivity contribution in [2.45, 2.75) is 13.8 Å². The van der Waals surface area contributed by atoms with Gasteiger partial charge in [-0.15, -0.1) is 16.4 Å². The molecule has 16 heavy (non-hydrogen) atoms. The topological polar surface area (TPSA) is 67.8 Å². The lowest BCUT2D eigenvalue weighted by Crippen LogP contribution is -2.14. The standard InChI is InChI=1S/C10H10N4OS/c1-6-3-4-8(14-13-6)9(15)12-10-11-7(2)5-16-10/h3-5H,1-2H3,(H,11,12,15). The molecule has 0 spiro atoms. The molecule has 0 unspecified atom stereocenters. The van der Waals surface area contributed by atoms with Crippen LogP contribution in [0.3, 0.4) is 0 Å². The number of carbonyl (C=O) groups excluding carboxylic acids is 1. The third kappa shape index (κ3) is 2.40. The van der Waals surface area contributed by atoms with Gasteiger partial charge in [0.1, 0.15) is 0 Å². The third-order valence-electron chi connectivity index (χ3n) is 1.87. The molecule has 1 N–H and O–H groups in total. The van der Waals surface area contributed by atoms with Crippen molar-refractivity contribution in [3.63, 3.8) is 0 Å². The molecule has 0 saturated carbocycles. The van der Waals surface area contributed by atoms with Gasteiger partial charge in [0.05, 0.1) is 11.4 Å². The summed E-state index contributed by atoms with van der Waals surface area (Å²) >= 11 is 1.38. The van der Waals surface area contributed by atoms with Gasteiger partial charge < -0.3 is 0 Å². The highest BCUT2D eigenvalue weighted by molar-refractivity contribution is 7.13. The number of hydrogen-bond acceptors (Lipinski definition) is 5. The smallest absolute Gasteiger partial charge is 0.277 e. The second-order valence-electron chi connectivity index (χ2n) is 3.31. The van der Waals surface area contributed by atoms with Crippen molar-refractivity contribution >= 4 is 22.4 Å². The van der Waals surface area contributed by atoms with E-state index in [9.17, 15) is 4.79 Å². The lowest BCUT2D eigenvalue weighted by Gasteiger charge is -1.99. The van der Waals surface area contributed by atoms with E-state index in [1.54, 1.807) is 12.1 Å². The van der Waals surface area contributed by atoms with Crippen LogP contribution in [0.1, 0.15) is 21.9 Å². The van der Waals surface area contributed by atoms with Crippen molar-refractivity contribution in [1.29, 1.82) is 0 Å². The number of nitrogens with zero attached hydrogens (tertiary/aromatic N) is 3. The normalized spacial score (nSPS) is 10.1. The van der Waals surface area contributed by atoms with Crippen LogP contribution in [0.5, 0.6) is 0 Å². The van der Waals surface area contributed by atoms with Gasteiger partial charge in [-0.1, -0.05) is 0 Å². The van der Waals surface area contributed by atoms with E-state index < -0.39 is 0 Å². The molecule has 2 heterocycles. The second kappa shape index (κ2) is 4.36. The van der Waals surface area contributed by atoms with Crippen molar-refractivity contribution in [3.8, 4) is 0 Å². The lowest BCUT2D eigenvalue weighted by atomic mass is 10.3. The maximum absolute atomic E-state index is 11.7. The summed E-state index contributed by atoms with van der Waals surface area (Å²) in [5, 5.41) is 12.7. The van der Waals surface area contributed by atoms with E-state index >= 15 is 0 Å². The summed E-state index contributed by atoms with van der Waals surface area (Å²) < 4.78 is 0. The number of anilines is 1. The molecule has 0 bridgehead atoms. The van der Waals surface area contributed by atoms with Gasteiger partial charge in [-0.05, 0) is 26.0 Å². The van der Waals surface area contributed by atoms with Crippen molar-refractivity contribution in [2.75, 3.05) is 5.32 Å². The van der Waals surface area contributed by atoms with Crippen LogP contribution in [-0.4, -0.2) is 21.1 Å². The summed E-state index contributed by atoms with van der Waals surface area (Å²) in [4.78, 5) is 15.8. The van der Waals surface area contributed by atoms with Crippen molar-refractivity contribution in [1.82, 2.24) is 15.2 Å². The summed E-state index contributed by atoms with van der Waals surface area (Å²) in [6, 6.07) is 3.38. The maximum Gasteiger partial charge on any atom is 0.277 e. The van der Waals surface area contributed by atoms with Crippen molar-refractivity contribution in [2.24, 2.45) is 0 Å². The molecule has 0 aromatic carbocycles. The molecule has 82 valence electrons. The van der Waals surface area contributed by atoms with Gasteiger partial charge in [-0.3, -0.25) is 10.1 Å². The first kappa shape index (κ1) is 10.7. The molecule has 0 radical (unpaired) electrons. The summed E-state index contributed by atoms with van der Waals surface area (Å²) in [5.74, 6) is -0.290. The van der Waals surface area contributed by atoms with Crippen LogP contribution in [0.25, 0.3) is 0 Å². The Bertz CT molecular complexity index is 506. The van der Waals surface area contributed by atoms with E-state index in [1.165, 1.54) is 11.3 Å². The fourth-order valence-corrected chi connectivity index (χ4v) is 1.78. The Labute approximate surface area is 96.6 Å². The summed E-state index contributed by atoms with van der Waals surface area (Å²) in [5.41, 5.74) is 1.95. The first-order valence-electron chi connectivity index (χ1n) is 4.69. The fraction of sp³-hybridized carbons (Fsp3) is 0.200. The van der Waals surface area contributed by atoms with Gasteiger partial charge in [0.15, 0.2) is 10.8 Å². The maximum atomic E-state index is 11.7. The van der Waals surface area contributed by atoms with E-state index in [1.807, 2.05) is 19.2 Å². The molecule has 0 aliphatic carbocycles. The summed E-state index contributed by atoms with van der Waals surface area (Å²) in [6.07, 6.45) is 0. The van der Waals surface area contributed by atoms with E-state index in [4.69, 9.17) is 0 Å². The molecule has 5 nitrogen and oxygen atoms in total. The average molecular weight is 234 g/mol. The first-order valence-corrected chi connectivity index (χ1v) is 5.57. The highest BCUT2D eigenvalue weighted by Gasteiger charge is 2.09. The van der Waals surface area contributed by atoms with Gasteiger partial charge in [-0.25, -0.2) is 4.98 Å². The zero-order valence-electron chi connectivity index (χ0n) is 8.89. The number of rotatable bonds is 2. The average Bonchev–Trinajstić information content (AvgIpc) is 2.65. The molecule has 0 aliphatic rings. The van der Waals surface area contributed by atoms with E-state index in [-0.39, 0.29) is 5.91 Å². The van der Waals surface area contributed by atoms with Crippen molar-refractivity contribution in [3.05, 3.63) is 34.6 Å². The predicted octanol–water partition coefficient (Wildman–Crippen LogP) is 1.80. The molecule has 0 saturated heterocycles. The van der Waals surface area contributed by atoms with E-state index in [0.29, 0.717) is 10.8 Å². The predicted molar refractivity (Wildman–Crippen MR) is 61.6 cm³/mol. The Hall–Kier alpha value is -1.82. The number of aryl methyl sites for hydroxylation is 2. The Balaban J connectivity index is 2.11. The van der Waals surface area contributed by atoms with Gasteiger partial charge >= 0.3 is 0 Å². The van der Waals surface area contributed by atoms with Crippen LogP contribution in [0.2, 0.25) is 0 Å². The summed E-state index contributed by atoms with van der Waals surface area (Å²) in [6.45, 7) is 3.69. The molecule has 2 aromatic rings. The molecule has 2 aromatic heterocycles. The Morgan fingerprint density at radius 1 is 1.25 bits per heavy atom. The lowest BCUT2D eigenvalue weighted by molar-refractivity contribution is 0.102. The highest BCUT2D eigenvalue weighted by Crippen LogP contribution is 2.14. The second-order valence-corrected chi connectivity index (χ2v) is 4.17. The number of aromatic nitrogens is 3. The molecule has 0 aliphatic heterocycles. The first-order chi connectivity index (χ1) is 7.65. The summed E-state index contributed by atoms with van der Waals surface area (Å²) in [7, 11) is 0. The molecule has 1 amide bonds. The highest BCUT2D eigenvalue weighted by atomic mass is 32.1. The van der Waals surface area contributed by atoms with Gasteiger partial charge in [0.25, 0.3) is 5.91 Å². The molecular weight excluding hydrogens is 224 g/mol. The molecule has 2 rings (SSSR count). The number of amides is 1. The minimum Gasteiger partial charge on any atom is -0.296 e. The number of thiazole rings is 1. The zero-order valence-corrected chi connectivity index (χ0v) is 9.71. The zero-order chi connectivity index (χ0) is 11.5. The van der Waals surface area contributed by atoms with Gasteiger partial charge in [0, 0.05) is 5.38 Å². The molecule has 0 atom stereocenters. The van der Waals surface area contributed by atoms with E-state index in [2.05, 4.69) is 20.5 Å². The van der Waals surface area contributed by atoms with Gasteiger partial charge in [-0.2, -0.15) is 5.10 Å². The Morgan fingerprint density at radius 2 is 2.06 bits per heavy atom. The Kier molecular flexibility index (Phi) is 2.91. The van der Waals surface area contributed by atoms with Crippen LogP contribution in [0, 0.1) is 13.8 Å². The fourth-order valence-electron chi connectivity index (χ4n) is 1.09.